The highest BCUT2D eigenvalue weighted by atomic mass is 16.3. The summed E-state index contributed by atoms with van der Waals surface area (Å²) >= 11 is 0. The predicted octanol–water partition coefficient (Wildman–Crippen LogP) is 15.8. The Morgan fingerprint density at radius 2 is 1.02 bits per heavy atom. The molecule has 0 radical (unpaired) electrons. The highest BCUT2D eigenvalue weighted by Crippen LogP contribution is 2.49. The van der Waals surface area contributed by atoms with Crippen LogP contribution in [-0.4, -0.2) is 4.57 Å². The summed E-state index contributed by atoms with van der Waals surface area (Å²) in [6.07, 6.45) is 0. The number of hydrogen-bond acceptors (Lipinski definition) is 2. The number of anilines is 3. The molecule has 0 bridgehead atoms. The van der Waals surface area contributed by atoms with Crippen LogP contribution in [0.2, 0.25) is 0 Å². The maximum atomic E-state index is 6.94. The number of benzene rings is 10. The van der Waals surface area contributed by atoms with E-state index in [4.69, 9.17) is 4.42 Å². The molecule has 0 aliphatic rings. The van der Waals surface area contributed by atoms with Crippen molar-refractivity contribution in [1.82, 2.24) is 4.57 Å². The van der Waals surface area contributed by atoms with Crippen molar-refractivity contribution >= 4 is 82.4 Å². The standard InChI is InChI=1S/C56H36N2O/c1-3-14-37(15-4-1)38-26-28-40(29-27-38)45-34-35-51(54-48-21-10-12-25-53(48)59-56(45)54)57(43-33-32-41-31-30-39-16-7-8-19-44(39)49(41)36-43)52-24-13-22-47-46-20-9-11-23-50(46)58(55(47)52)42-17-5-2-6-18-42/h1-36H. The Kier molecular flexibility index (Phi) is 7.54. The van der Waals surface area contributed by atoms with Crippen LogP contribution in [0.4, 0.5) is 17.1 Å². The predicted molar refractivity (Wildman–Crippen MR) is 249 cm³/mol. The van der Waals surface area contributed by atoms with Crippen molar-refractivity contribution in [3.8, 4) is 27.9 Å². The van der Waals surface area contributed by atoms with E-state index in [1.165, 1.54) is 49.0 Å². The van der Waals surface area contributed by atoms with E-state index in [-0.39, 0.29) is 0 Å². The van der Waals surface area contributed by atoms with Crippen molar-refractivity contribution in [3.63, 3.8) is 0 Å². The Morgan fingerprint density at radius 3 is 1.85 bits per heavy atom. The lowest BCUT2D eigenvalue weighted by Gasteiger charge is -2.28. The van der Waals surface area contributed by atoms with Gasteiger partial charge in [0.2, 0.25) is 0 Å². The maximum Gasteiger partial charge on any atom is 0.145 e. The molecule has 0 spiro atoms. The van der Waals surface area contributed by atoms with Crippen LogP contribution in [0.1, 0.15) is 0 Å². The second-order valence-corrected chi connectivity index (χ2v) is 15.3. The molecule has 10 aromatic carbocycles. The first-order valence-electron chi connectivity index (χ1n) is 20.2. The van der Waals surface area contributed by atoms with Gasteiger partial charge in [-0.3, -0.25) is 0 Å². The van der Waals surface area contributed by atoms with Crippen molar-refractivity contribution in [3.05, 3.63) is 218 Å². The van der Waals surface area contributed by atoms with Crippen LogP contribution in [0, 0.1) is 0 Å². The van der Waals surface area contributed by atoms with Gasteiger partial charge < -0.3 is 13.9 Å². The zero-order chi connectivity index (χ0) is 38.9. The zero-order valence-corrected chi connectivity index (χ0v) is 32.1. The molecule has 2 heterocycles. The van der Waals surface area contributed by atoms with Crippen molar-refractivity contribution < 1.29 is 4.42 Å². The molecule has 0 aliphatic heterocycles. The molecule has 3 heteroatoms. The molecule has 0 aliphatic carbocycles. The van der Waals surface area contributed by atoms with Gasteiger partial charge >= 0.3 is 0 Å². The molecular weight excluding hydrogens is 717 g/mol. The quantitative estimate of drug-likeness (QED) is 0.158. The number of furan rings is 1. The van der Waals surface area contributed by atoms with Crippen LogP contribution in [0.5, 0.6) is 0 Å². The van der Waals surface area contributed by atoms with E-state index in [1.807, 2.05) is 0 Å². The number of fused-ring (bicyclic) bond motifs is 9. The topological polar surface area (TPSA) is 21.3 Å². The van der Waals surface area contributed by atoms with Gasteiger partial charge in [0.1, 0.15) is 11.2 Å². The van der Waals surface area contributed by atoms with Gasteiger partial charge in [-0.05, 0) is 92.8 Å². The fraction of sp³-hybridized carbons (Fsp3) is 0. The number of aromatic nitrogens is 1. The Balaban J connectivity index is 1.18. The molecule has 0 N–H and O–H groups in total. The minimum atomic E-state index is 0.859. The smallest absolute Gasteiger partial charge is 0.145 e. The Morgan fingerprint density at radius 1 is 0.390 bits per heavy atom. The van der Waals surface area contributed by atoms with E-state index >= 15 is 0 Å². The summed E-state index contributed by atoms with van der Waals surface area (Å²) in [7, 11) is 0. The van der Waals surface area contributed by atoms with E-state index in [1.54, 1.807) is 0 Å². The molecule has 3 nitrogen and oxygen atoms in total. The first-order chi connectivity index (χ1) is 29.3. The first-order valence-corrected chi connectivity index (χ1v) is 20.2. The summed E-state index contributed by atoms with van der Waals surface area (Å²) in [4.78, 5) is 2.47. The summed E-state index contributed by atoms with van der Waals surface area (Å²) in [6, 6.07) is 78.7. The normalized spacial score (nSPS) is 11.7. The molecule has 0 saturated carbocycles. The molecule has 276 valence electrons. The van der Waals surface area contributed by atoms with Gasteiger partial charge in [0.25, 0.3) is 0 Å². The van der Waals surface area contributed by atoms with E-state index in [0.717, 1.165) is 61.3 Å². The van der Waals surface area contributed by atoms with Gasteiger partial charge in [-0.15, -0.1) is 0 Å². The van der Waals surface area contributed by atoms with Crippen molar-refractivity contribution in [2.75, 3.05) is 4.90 Å². The molecule has 0 amide bonds. The van der Waals surface area contributed by atoms with Crippen LogP contribution in [0.25, 0.3) is 93.2 Å². The van der Waals surface area contributed by atoms with Crippen molar-refractivity contribution in [2.45, 2.75) is 0 Å². The third kappa shape index (κ3) is 5.29. The summed E-state index contributed by atoms with van der Waals surface area (Å²) in [5.41, 5.74) is 12.9. The third-order valence-corrected chi connectivity index (χ3v) is 12.0. The van der Waals surface area contributed by atoms with Gasteiger partial charge in [-0.2, -0.15) is 0 Å². The Labute approximate surface area is 341 Å². The van der Waals surface area contributed by atoms with Crippen LogP contribution in [0.15, 0.2) is 223 Å². The van der Waals surface area contributed by atoms with Crippen LogP contribution >= 0.6 is 0 Å². The number of hydrogen-bond donors (Lipinski definition) is 0. The second kappa shape index (κ2) is 13.4. The Hall–Kier alpha value is -7.88. The largest absolute Gasteiger partial charge is 0.455 e. The fourth-order valence-electron chi connectivity index (χ4n) is 9.26. The lowest BCUT2D eigenvalue weighted by molar-refractivity contribution is 0.670. The Bertz CT molecular complexity index is 3540. The second-order valence-electron chi connectivity index (χ2n) is 15.3. The van der Waals surface area contributed by atoms with E-state index in [2.05, 4.69) is 228 Å². The number of rotatable bonds is 6. The molecule has 59 heavy (non-hydrogen) atoms. The van der Waals surface area contributed by atoms with E-state index in [0.29, 0.717) is 0 Å². The highest BCUT2D eigenvalue weighted by Gasteiger charge is 2.26. The van der Waals surface area contributed by atoms with Gasteiger partial charge in [0.05, 0.1) is 27.8 Å². The fourth-order valence-corrected chi connectivity index (χ4v) is 9.26. The monoisotopic (exact) mass is 752 g/mol. The molecule has 12 aromatic rings. The van der Waals surface area contributed by atoms with Crippen LogP contribution in [0.3, 0.4) is 0 Å². The summed E-state index contributed by atoms with van der Waals surface area (Å²) in [6.45, 7) is 0. The summed E-state index contributed by atoms with van der Waals surface area (Å²) in [5, 5.41) is 9.43. The van der Waals surface area contributed by atoms with Gasteiger partial charge in [-0.1, -0.05) is 164 Å². The van der Waals surface area contributed by atoms with Crippen LogP contribution in [-0.2, 0) is 0 Å². The highest BCUT2D eigenvalue weighted by molar-refractivity contribution is 6.20. The first kappa shape index (κ1) is 33.3. The lowest BCUT2D eigenvalue weighted by atomic mass is 9.97. The molecule has 12 rings (SSSR count). The molecule has 0 fully saturated rings. The van der Waals surface area contributed by atoms with Gasteiger partial charge in [-0.25, -0.2) is 0 Å². The average molecular weight is 753 g/mol. The lowest BCUT2D eigenvalue weighted by Crippen LogP contribution is -2.12. The number of para-hydroxylation sites is 4. The molecular formula is C56H36N2O. The van der Waals surface area contributed by atoms with E-state index < -0.39 is 0 Å². The van der Waals surface area contributed by atoms with Crippen molar-refractivity contribution in [2.24, 2.45) is 0 Å². The SMILES string of the molecule is c1ccc(-c2ccc(-c3ccc(N(c4ccc5ccc6ccccc6c5c4)c4cccc5c6ccccc6n(-c6ccccc6)c45)c4c3oc3ccccc34)cc2)cc1. The van der Waals surface area contributed by atoms with Gasteiger partial charge in [0.15, 0.2) is 0 Å². The minimum absolute atomic E-state index is 0.859. The average Bonchev–Trinajstić information content (AvgIpc) is 3.87. The summed E-state index contributed by atoms with van der Waals surface area (Å²) < 4.78 is 9.37. The molecule has 0 atom stereocenters. The van der Waals surface area contributed by atoms with Crippen LogP contribution < -0.4 is 4.90 Å². The van der Waals surface area contributed by atoms with Crippen molar-refractivity contribution in [1.29, 1.82) is 0 Å². The summed E-state index contributed by atoms with van der Waals surface area (Å²) in [5.74, 6) is 0. The molecule has 0 saturated heterocycles. The molecule has 2 aromatic heterocycles. The van der Waals surface area contributed by atoms with Gasteiger partial charge in [0, 0.05) is 33.1 Å². The number of nitrogens with zero attached hydrogens (tertiary/aromatic N) is 2. The third-order valence-electron chi connectivity index (χ3n) is 12.0. The zero-order valence-electron chi connectivity index (χ0n) is 32.1. The maximum absolute atomic E-state index is 6.94. The van der Waals surface area contributed by atoms with E-state index in [9.17, 15) is 0 Å². The minimum Gasteiger partial charge on any atom is -0.455 e. The molecule has 0 unspecified atom stereocenters.